The summed E-state index contributed by atoms with van der Waals surface area (Å²) in [5.74, 6) is 0.570. The van der Waals surface area contributed by atoms with Crippen LogP contribution in [0.3, 0.4) is 0 Å². The molecule has 3 heteroatoms. The summed E-state index contributed by atoms with van der Waals surface area (Å²) < 4.78 is 1.01. The predicted molar refractivity (Wildman–Crippen MR) is 76.0 cm³/mol. The third-order valence-corrected chi connectivity index (χ3v) is 4.44. The van der Waals surface area contributed by atoms with E-state index in [0.29, 0.717) is 5.92 Å². The summed E-state index contributed by atoms with van der Waals surface area (Å²) in [7, 11) is 0. The molecule has 0 aliphatic rings. The Bertz CT molecular complexity index is 485. The Balaban J connectivity index is 2.38. The molecular weight excluding hydrogens is 282 g/mol. The first-order chi connectivity index (χ1) is 7.59. The van der Waals surface area contributed by atoms with Crippen molar-refractivity contribution in [1.29, 1.82) is 0 Å². The molecule has 0 aliphatic carbocycles. The Hall–Kier alpha value is -0.800. The van der Waals surface area contributed by atoms with Crippen molar-refractivity contribution in [2.24, 2.45) is 0 Å². The van der Waals surface area contributed by atoms with E-state index in [-0.39, 0.29) is 0 Å². The first-order valence-corrected chi connectivity index (χ1v) is 6.89. The second-order valence-electron chi connectivity index (χ2n) is 4.11. The van der Waals surface area contributed by atoms with Gasteiger partial charge in [0.15, 0.2) is 0 Å². The number of nitrogen functional groups attached to an aromatic ring is 1. The van der Waals surface area contributed by atoms with Gasteiger partial charge in [0.05, 0.1) is 9.47 Å². The van der Waals surface area contributed by atoms with Crippen LogP contribution in [0.5, 0.6) is 0 Å². The Morgan fingerprint density at radius 1 is 1.19 bits per heavy atom. The molecular formula is C13H14BrNS. The Morgan fingerprint density at radius 2 is 1.81 bits per heavy atom. The Kier molecular flexibility index (Phi) is 3.36. The van der Waals surface area contributed by atoms with Gasteiger partial charge in [-0.05, 0) is 33.0 Å². The zero-order valence-corrected chi connectivity index (χ0v) is 11.7. The number of hydrogen-bond acceptors (Lipinski definition) is 2. The van der Waals surface area contributed by atoms with Gasteiger partial charge in [-0.1, -0.05) is 38.1 Å². The van der Waals surface area contributed by atoms with E-state index in [9.17, 15) is 0 Å². The second kappa shape index (κ2) is 4.60. The molecule has 1 aromatic heterocycles. The summed E-state index contributed by atoms with van der Waals surface area (Å²) in [4.78, 5) is 0. The molecule has 2 rings (SSSR count). The quantitative estimate of drug-likeness (QED) is 0.839. The van der Waals surface area contributed by atoms with Gasteiger partial charge in [0.1, 0.15) is 0 Å². The molecule has 1 heterocycles. The molecule has 84 valence electrons. The molecule has 0 aliphatic heterocycles. The van der Waals surface area contributed by atoms with Crippen molar-refractivity contribution < 1.29 is 0 Å². The zero-order valence-electron chi connectivity index (χ0n) is 9.33. The van der Waals surface area contributed by atoms with Crippen LogP contribution >= 0.6 is 27.3 Å². The van der Waals surface area contributed by atoms with Crippen LogP contribution in [-0.2, 0) is 0 Å². The fourth-order valence-corrected chi connectivity index (χ4v) is 2.83. The van der Waals surface area contributed by atoms with E-state index in [1.165, 1.54) is 11.1 Å². The van der Waals surface area contributed by atoms with Gasteiger partial charge in [-0.15, -0.1) is 11.3 Å². The van der Waals surface area contributed by atoms with E-state index >= 15 is 0 Å². The molecule has 0 saturated carbocycles. The van der Waals surface area contributed by atoms with E-state index in [2.05, 4.69) is 59.4 Å². The lowest BCUT2D eigenvalue weighted by Crippen LogP contribution is -1.88. The molecule has 16 heavy (non-hydrogen) atoms. The summed E-state index contributed by atoms with van der Waals surface area (Å²) in [5, 5.41) is 2.09. The van der Waals surface area contributed by atoms with Gasteiger partial charge in [0.25, 0.3) is 0 Å². The number of nitrogens with two attached hydrogens (primary N) is 1. The van der Waals surface area contributed by atoms with Crippen molar-refractivity contribution in [2.45, 2.75) is 19.8 Å². The highest BCUT2D eigenvalue weighted by Gasteiger charge is 2.08. The van der Waals surface area contributed by atoms with Crippen LogP contribution in [0.25, 0.3) is 11.1 Å². The lowest BCUT2D eigenvalue weighted by atomic mass is 10.00. The number of rotatable bonds is 2. The summed E-state index contributed by atoms with van der Waals surface area (Å²) in [5.41, 5.74) is 10.5. The molecule has 2 N–H and O–H groups in total. The summed E-state index contributed by atoms with van der Waals surface area (Å²) >= 11 is 5.07. The van der Waals surface area contributed by atoms with Gasteiger partial charge in [-0.3, -0.25) is 0 Å². The monoisotopic (exact) mass is 295 g/mol. The fraction of sp³-hybridized carbons (Fsp3) is 0.231. The minimum absolute atomic E-state index is 0.570. The average molecular weight is 296 g/mol. The van der Waals surface area contributed by atoms with Gasteiger partial charge < -0.3 is 5.73 Å². The minimum atomic E-state index is 0.570. The molecule has 1 nitrogen and oxygen atoms in total. The van der Waals surface area contributed by atoms with Crippen molar-refractivity contribution in [1.82, 2.24) is 0 Å². The highest BCUT2D eigenvalue weighted by atomic mass is 79.9. The van der Waals surface area contributed by atoms with Crippen molar-refractivity contribution in [3.8, 4) is 11.1 Å². The number of anilines is 1. The average Bonchev–Trinajstić information content (AvgIpc) is 2.60. The van der Waals surface area contributed by atoms with Crippen LogP contribution < -0.4 is 5.73 Å². The lowest BCUT2D eigenvalue weighted by molar-refractivity contribution is 0.867. The van der Waals surface area contributed by atoms with Crippen molar-refractivity contribution in [2.75, 3.05) is 5.73 Å². The van der Waals surface area contributed by atoms with E-state index in [0.717, 1.165) is 15.0 Å². The highest BCUT2D eigenvalue weighted by molar-refractivity contribution is 9.11. The largest absolute Gasteiger partial charge is 0.397 e. The van der Waals surface area contributed by atoms with E-state index < -0.39 is 0 Å². The molecule has 2 aromatic rings. The van der Waals surface area contributed by atoms with Gasteiger partial charge in [-0.2, -0.15) is 0 Å². The van der Waals surface area contributed by atoms with Gasteiger partial charge in [0, 0.05) is 10.9 Å². The number of halogens is 1. The highest BCUT2D eigenvalue weighted by Crippen LogP contribution is 2.37. The predicted octanol–water partition coefficient (Wildman–Crippen LogP) is 4.88. The summed E-state index contributed by atoms with van der Waals surface area (Å²) in [6, 6.07) is 8.62. The Labute approximate surface area is 108 Å². The van der Waals surface area contributed by atoms with Crippen LogP contribution in [0.15, 0.2) is 33.4 Å². The van der Waals surface area contributed by atoms with Crippen LogP contribution in [0, 0.1) is 0 Å². The van der Waals surface area contributed by atoms with Gasteiger partial charge in [-0.25, -0.2) is 0 Å². The molecule has 0 amide bonds. The molecule has 0 radical (unpaired) electrons. The van der Waals surface area contributed by atoms with Crippen molar-refractivity contribution in [3.63, 3.8) is 0 Å². The van der Waals surface area contributed by atoms with Crippen LogP contribution in [0.2, 0.25) is 0 Å². The lowest BCUT2D eigenvalue weighted by Gasteiger charge is -2.06. The molecule has 0 unspecified atom stereocenters. The second-order valence-corrected chi connectivity index (χ2v) is 6.31. The van der Waals surface area contributed by atoms with Crippen molar-refractivity contribution >= 4 is 33.0 Å². The van der Waals surface area contributed by atoms with E-state index in [1.54, 1.807) is 11.3 Å². The Morgan fingerprint density at radius 3 is 2.25 bits per heavy atom. The summed E-state index contributed by atoms with van der Waals surface area (Å²) in [6.07, 6.45) is 0. The van der Waals surface area contributed by atoms with Crippen LogP contribution in [0.4, 0.5) is 5.69 Å². The van der Waals surface area contributed by atoms with Gasteiger partial charge in [0.2, 0.25) is 0 Å². The maximum absolute atomic E-state index is 6.00. The number of thiophene rings is 1. The third-order valence-electron chi connectivity index (χ3n) is 2.67. The first-order valence-electron chi connectivity index (χ1n) is 5.22. The maximum Gasteiger partial charge on any atom is 0.0934 e. The van der Waals surface area contributed by atoms with Crippen LogP contribution in [-0.4, -0.2) is 0 Å². The van der Waals surface area contributed by atoms with E-state index in [1.807, 2.05) is 0 Å². The molecule has 0 fully saturated rings. The third kappa shape index (κ3) is 2.15. The molecule has 0 bridgehead atoms. The SMILES string of the molecule is CC(C)c1ccc(-c2csc(Br)c2N)cc1. The van der Waals surface area contributed by atoms with Crippen LogP contribution in [0.1, 0.15) is 25.3 Å². The fourth-order valence-electron chi connectivity index (χ4n) is 1.61. The zero-order chi connectivity index (χ0) is 11.7. The molecule has 0 atom stereocenters. The topological polar surface area (TPSA) is 26.0 Å². The molecule has 0 saturated heterocycles. The first kappa shape index (κ1) is 11.7. The molecule has 1 aromatic carbocycles. The van der Waals surface area contributed by atoms with Crippen molar-refractivity contribution in [3.05, 3.63) is 39.0 Å². The number of hydrogen-bond donors (Lipinski definition) is 1. The minimum Gasteiger partial charge on any atom is -0.397 e. The van der Waals surface area contributed by atoms with E-state index in [4.69, 9.17) is 5.73 Å². The maximum atomic E-state index is 6.00. The summed E-state index contributed by atoms with van der Waals surface area (Å²) in [6.45, 7) is 4.40. The number of benzene rings is 1. The normalized spacial score (nSPS) is 11.0. The molecule has 0 spiro atoms. The standard InChI is InChI=1S/C13H14BrNS/c1-8(2)9-3-5-10(6-4-9)11-7-16-13(14)12(11)15/h3-8H,15H2,1-2H3. The smallest absolute Gasteiger partial charge is 0.0934 e. The van der Waals surface area contributed by atoms with Gasteiger partial charge >= 0.3 is 0 Å².